The van der Waals surface area contributed by atoms with Gasteiger partial charge in [0.15, 0.2) is 0 Å². The van der Waals surface area contributed by atoms with Crippen LogP contribution in [0.1, 0.15) is 72.1 Å². The van der Waals surface area contributed by atoms with Gasteiger partial charge in [-0.2, -0.15) is 0 Å². The molecule has 20 heavy (non-hydrogen) atoms. The highest BCUT2D eigenvalue weighted by Crippen LogP contribution is 2.16. The fourth-order valence-electron chi connectivity index (χ4n) is 3.28. The van der Waals surface area contributed by atoms with E-state index in [-0.39, 0.29) is 12.1 Å². The molecule has 1 fully saturated rings. The van der Waals surface area contributed by atoms with Crippen molar-refractivity contribution in [3.05, 3.63) is 0 Å². The monoisotopic (exact) mass is 284 g/mol. The van der Waals surface area contributed by atoms with E-state index >= 15 is 0 Å². The van der Waals surface area contributed by atoms with Crippen molar-refractivity contribution in [1.29, 1.82) is 0 Å². The van der Waals surface area contributed by atoms with Gasteiger partial charge >= 0.3 is 0 Å². The Morgan fingerprint density at radius 2 is 1.65 bits per heavy atom. The number of unbranched alkanes of at least 4 members (excludes halogenated alkanes) is 1. The third-order valence-corrected chi connectivity index (χ3v) is 4.39. The van der Waals surface area contributed by atoms with Gasteiger partial charge in [-0.1, -0.05) is 39.5 Å². The van der Waals surface area contributed by atoms with Crippen LogP contribution >= 0.6 is 0 Å². The van der Waals surface area contributed by atoms with Crippen molar-refractivity contribution in [1.82, 2.24) is 10.2 Å². The second-order valence-corrected chi connectivity index (χ2v) is 7.08. The molecule has 1 unspecified atom stereocenters. The Morgan fingerprint density at radius 1 is 1.05 bits per heavy atom. The molecule has 1 atom stereocenters. The molecule has 1 aliphatic heterocycles. The summed E-state index contributed by atoms with van der Waals surface area (Å²) in [5.41, 5.74) is -0.107. The molecule has 120 valence electrons. The summed E-state index contributed by atoms with van der Waals surface area (Å²) in [5.74, 6) is 0. The number of hydrogen-bond acceptors (Lipinski definition) is 3. The number of nitrogens with zero attached hydrogens (tertiary/aromatic N) is 1. The van der Waals surface area contributed by atoms with E-state index in [1.807, 2.05) is 0 Å². The number of nitrogens with one attached hydrogen (secondary N) is 1. The van der Waals surface area contributed by atoms with Crippen molar-refractivity contribution >= 4 is 0 Å². The predicted molar refractivity (Wildman–Crippen MR) is 87.1 cm³/mol. The average molecular weight is 284 g/mol. The molecule has 0 aromatic rings. The van der Waals surface area contributed by atoms with Gasteiger partial charge in [-0.3, -0.25) is 0 Å². The third kappa shape index (κ3) is 7.61. The zero-order chi connectivity index (χ0) is 14.8. The molecule has 0 spiro atoms. The standard InChI is InChI=1S/C17H36N2O/c1-16(2)18-17(3,15-20)11-7-10-14-19-12-8-5-4-6-9-13-19/h16,18,20H,4-15H2,1-3H3. The summed E-state index contributed by atoms with van der Waals surface area (Å²) in [6.07, 6.45) is 10.5. The first-order valence-corrected chi connectivity index (χ1v) is 8.67. The summed E-state index contributed by atoms with van der Waals surface area (Å²) in [6.45, 7) is 10.5. The molecule has 3 nitrogen and oxygen atoms in total. The Balaban J connectivity index is 2.18. The molecule has 3 heteroatoms. The fourth-order valence-corrected chi connectivity index (χ4v) is 3.28. The Kier molecular flexibility index (Phi) is 8.74. The third-order valence-electron chi connectivity index (χ3n) is 4.39. The lowest BCUT2D eigenvalue weighted by Crippen LogP contribution is -2.49. The van der Waals surface area contributed by atoms with Crippen LogP contribution < -0.4 is 5.32 Å². The van der Waals surface area contributed by atoms with Crippen molar-refractivity contribution in [2.24, 2.45) is 0 Å². The lowest BCUT2D eigenvalue weighted by molar-refractivity contribution is 0.151. The van der Waals surface area contributed by atoms with E-state index in [1.54, 1.807) is 0 Å². The molecular formula is C17H36N2O. The number of rotatable bonds is 8. The molecule has 1 aliphatic rings. The van der Waals surface area contributed by atoms with Gasteiger partial charge in [0.05, 0.1) is 6.61 Å². The molecule has 1 saturated heterocycles. The molecule has 0 radical (unpaired) electrons. The molecule has 0 aromatic carbocycles. The predicted octanol–water partition coefficient (Wildman–Crippen LogP) is 3.17. The highest BCUT2D eigenvalue weighted by atomic mass is 16.3. The Bertz CT molecular complexity index is 237. The van der Waals surface area contributed by atoms with Crippen LogP contribution in [0.15, 0.2) is 0 Å². The van der Waals surface area contributed by atoms with Crippen molar-refractivity contribution < 1.29 is 5.11 Å². The van der Waals surface area contributed by atoms with Gasteiger partial charge in [0, 0.05) is 11.6 Å². The summed E-state index contributed by atoms with van der Waals surface area (Å²) in [7, 11) is 0. The minimum absolute atomic E-state index is 0.107. The minimum atomic E-state index is -0.107. The van der Waals surface area contributed by atoms with Crippen LogP contribution in [0.25, 0.3) is 0 Å². The first-order valence-electron chi connectivity index (χ1n) is 8.67. The summed E-state index contributed by atoms with van der Waals surface area (Å²) in [6, 6.07) is 0.432. The second-order valence-electron chi connectivity index (χ2n) is 7.08. The van der Waals surface area contributed by atoms with E-state index in [0.29, 0.717) is 6.04 Å². The Labute approximate surface area is 126 Å². The fraction of sp³-hybridized carbons (Fsp3) is 1.00. The summed E-state index contributed by atoms with van der Waals surface area (Å²) < 4.78 is 0. The zero-order valence-corrected chi connectivity index (χ0v) is 14.0. The molecular weight excluding hydrogens is 248 g/mol. The molecule has 0 aromatic heterocycles. The van der Waals surface area contributed by atoms with Crippen LogP contribution in [0.4, 0.5) is 0 Å². The SMILES string of the molecule is CC(C)NC(C)(CO)CCCCN1CCCCCCC1. The molecule has 0 bridgehead atoms. The highest BCUT2D eigenvalue weighted by molar-refractivity contribution is 4.83. The Morgan fingerprint density at radius 3 is 2.20 bits per heavy atom. The van der Waals surface area contributed by atoms with Crippen LogP contribution in [0.5, 0.6) is 0 Å². The maximum Gasteiger partial charge on any atom is 0.0610 e. The van der Waals surface area contributed by atoms with Crippen molar-refractivity contribution in [2.45, 2.75) is 83.7 Å². The van der Waals surface area contributed by atoms with Crippen molar-refractivity contribution in [3.8, 4) is 0 Å². The number of likely N-dealkylation sites (tertiary alicyclic amines) is 1. The van der Waals surface area contributed by atoms with Gasteiger partial charge in [-0.25, -0.2) is 0 Å². The normalized spacial score (nSPS) is 21.4. The second kappa shape index (κ2) is 9.75. The van der Waals surface area contributed by atoms with Crippen LogP contribution in [0, 0.1) is 0 Å². The first kappa shape index (κ1) is 17.9. The van der Waals surface area contributed by atoms with Crippen LogP contribution in [0.2, 0.25) is 0 Å². The van der Waals surface area contributed by atoms with Crippen LogP contribution in [-0.2, 0) is 0 Å². The van der Waals surface area contributed by atoms with Gasteiger partial charge < -0.3 is 15.3 Å². The van der Waals surface area contributed by atoms with E-state index in [0.717, 1.165) is 6.42 Å². The van der Waals surface area contributed by atoms with Gasteiger partial charge in [-0.05, 0) is 52.2 Å². The maximum absolute atomic E-state index is 9.58. The van der Waals surface area contributed by atoms with Gasteiger partial charge in [-0.15, -0.1) is 0 Å². The smallest absolute Gasteiger partial charge is 0.0610 e. The maximum atomic E-state index is 9.58. The number of aliphatic hydroxyl groups excluding tert-OH is 1. The molecule has 2 N–H and O–H groups in total. The van der Waals surface area contributed by atoms with Gasteiger partial charge in [0.1, 0.15) is 0 Å². The van der Waals surface area contributed by atoms with Crippen LogP contribution in [0.3, 0.4) is 0 Å². The quantitative estimate of drug-likeness (QED) is 0.672. The number of aliphatic hydroxyl groups is 1. The Hall–Kier alpha value is -0.120. The van der Waals surface area contributed by atoms with Gasteiger partial charge in [0.2, 0.25) is 0 Å². The van der Waals surface area contributed by atoms with E-state index in [4.69, 9.17) is 0 Å². The molecule has 0 amide bonds. The first-order chi connectivity index (χ1) is 9.56. The van der Waals surface area contributed by atoms with E-state index in [1.165, 1.54) is 64.6 Å². The topological polar surface area (TPSA) is 35.5 Å². The molecule has 0 aliphatic carbocycles. The highest BCUT2D eigenvalue weighted by Gasteiger charge is 2.23. The minimum Gasteiger partial charge on any atom is -0.394 e. The summed E-state index contributed by atoms with van der Waals surface area (Å²) in [4.78, 5) is 2.64. The number of hydrogen-bond donors (Lipinski definition) is 2. The molecule has 1 rings (SSSR count). The molecule has 0 saturated carbocycles. The van der Waals surface area contributed by atoms with Crippen LogP contribution in [-0.4, -0.2) is 47.8 Å². The summed E-state index contributed by atoms with van der Waals surface area (Å²) >= 11 is 0. The van der Waals surface area contributed by atoms with Crippen molar-refractivity contribution in [3.63, 3.8) is 0 Å². The van der Waals surface area contributed by atoms with E-state index < -0.39 is 0 Å². The van der Waals surface area contributed by atoms with Crippen molar-refractivity contribution in [2.75, 3.05) is 26.2 Å². The zero-order valence-electron chi connectivity index (χ0n) is 14.0. The van der Waals surface area contributed by atoms with Gasteiger partial charge in [0.25, 0.3) is 0 Å². The summed E-state index contributed by atoms with van der Waals surface area (Å²) in [5, 5.41) is 13.1. The average Bonchev–Trinajstić information content (AvgIpc) is 2.35. The van der Waals surface area contributed by atoms with E-state index in [2.05, 4.69) is 31.0 Å². The largest absolute Gasteiger partial charge is 0.394 e. The lowest BCUT2D eigenvalue weighted by Gasteiger charge is -2.31. The van der Waals surface area contributed by atoms with E-state index in [9.17, 15) is 5.11 Å². The lowest BCUT2D eigenvalue weighted by atomic mass is 9.94. The molecule has 1 heterocycles.